The third-order valence-corrected chi connectivity index (χ3v) is 4.46. The molecule has 2 rings (SSSR count). The van der Waals surface area contributed by atoms with Crippen LogP contribution in [-0.2, 0) is 25.9 Å². The molecule has 1 heterocycles. The van der Waals surface area contributed by atoms with Crippen LogP contribution in [0.4, 0.5) is 4.79 Å². The summed E-state index contributed by atoms with van der Waals surface area (Å²) in [6.07, 6.45) is 0.325. The molecule has 0 spiro atoms. The molecule has 1 aromatic carbocycles. The lowest BCUT2D eigenvalue weighted by atomic mass is 10.1. The number of ether oxygens (including phenoxy) is 1. The molecule has 1 aromatic rings. The lowest BCUT2D eigenvalue weighted by Crippen LogP contribution is -2.38. The highest BCUT2D eigenvalue weighted by Gasteiger charge is 2.40. The van der Waals surface area contributed by atoms with Crippen LogP contribution in [0.2, 0.25) is 0 Å². The maximum Gasteiger partial charge on any atom is 0.411 e. The Bertz CT molecular complexity index is 763. The van der Waals surface area contributed by atoms with Crippen LogP contribution in [-0.4, -0.2) is 42.3 Å². The number of rotatable bonds is 2. The highest BCUT2D eigenvalue weighted by atomic mass is 32.2. The molecule has 0 unspecified atom stereocenters. The number of aliphatic carboxylic acids is 1. The number of amides is 1. The zero-order valence-electron chi connectivity index (χ0n) is 13.4. The van der Waals surface area contributed by atoms with E-state index in [1.165, 1.54) is 18.2 Å². The van der Waals surface area contributed by atoms with Gasteiger partial charge in [0.05, 0.1) is 11.4 Å². The lowest BCUT2D eigenvalue weighted by molar-refractivity contribution is -0.143. The summed E-state index contributed by atoms with van der Waals surface area (Å²) in [5.74, 6) is -1.19. The minimum atomic E-state index is -3.41. The van der Waals surface area contributed by atoms with Crippen LogP contribution in [0.25, 0.3) is 0 Å². The number of carbonyl (C=O) groups excluding carboxylic acids is 1. The molecule has 0 saturated heterocycles. The minimum Gasteiger partial charge on any atom is -0.479 e. The fraction of sp³-hybridized carbons (Fsp3) is 0.467. The molecule has 0 radical (unpaired) electrons. The zero-order chi connectivity index (χ0) is 17.6. The van der Waals surface area contributed by atoms with Crippen molar-refractivity contribution in [2.45, 2.75) is 43.9 Å². The van der Waals surface area contributed by atoms with E-state index in [0.717, 1.165) is 11.2 Å². The van der Waals surface area contributed by atoms with E-state index < -0.39 is 33.5 Å². The summed E-state index contributed by atoms with van der Waals surface area (Å²) in [6.45, 7) is 5.05. The van der Waals surface area contributed by atoms with E-state index in [1.54, 1.807) is 20.8 Å². The van der Waals surface area contributed by atoms with Gasteiger partial charge in [0.1, 0.15) is 5.60 Å². The molecular weight excluding hydrogens is 322 g/mol. The van der Waals surface area contributed by atoms with Crippen molar-refractivity contribution in [3.8, 4) is 0 Å². The van der Waals surface area contributed by atoms with Crippen molar-refractivity contribution < 1.29 is 27.9 Å². The van der Waals surface area contributed by atoms with Gasteiger partial charge in [-0.25, -0.2) is 18.0 Å². The summed E-state index contributed by atoms with van der Waals surface area (Å²) in [5, 5.41) is 9.44. The predicted octanol–water partition coefficient (Wildman–Crippen LogP) is 1.97. The molecule has 126 valence electrons. The maximum atomic E-state index is 12.2. The van der Waals surface area contributed by atoms with Crippen molar-refractivity contribution in [3.05, 3.63) is 29.3 Å². The maximum absolute atomic E-state index is 12.2. The van der Waals surface area contributed by atoms with E-state index in [1.807, 2.05) is 0 Å². The van der Waals surface area contributed by atoms with Gasteiger partial charge in [-0.05, 0) is 44.0 Å². The first-order chi connectivity index (χ1) is 10.4. The SMILES string of the molecule is CC(C)(C)OC(=O)N1Cc2cc(S(C)(=O)=O)ccc2[C@@H]1C(=O)O. The molecule has 1 aliphatic rings. The van der Waals surface area contributed by atoms with Crippen molar-refractivity contribution in [3.63, 3.8) is 0 Å². The van der Waals surface area contributed by atoms with Gasteiger partial charge in [-0.15, -0.1) is 0 Å². The highest BCUT2D eigenvalue weighted by Crippen LogP contribution is 2.36. The molecule has 0 aliphatic carbocycles. The number of carboxylic acid groups (broad SMARTS) is 1. The van der Waals surface area contributed by atoms with Crippen LogP contribution in [0.15, 0.2) is 23.1 Å². The number of sulfone groups is 1. The normalized spacial score (nSPS) is 17.7. The van der Waals surface area contributed by atoms with Crippen LogP contribution in [0.1, 0.15) is 37.9 Å². The van der Waals surface area contributed by atoms with E-state index in [-0.39, 0.29) is 11.4 Å². The van der Waals surface area contributed by atoms with Gasteiger partial charge in [-0.2, -0.15) is 0 Å². The summed E-state index contributed by atoms with van der Waals surface area (Å²) < 4.78 is 28.5. The van der Waals surface area contributed by atoms with Crippen LogP contribution in [0.5, 0.6) is 0 Å². The predicted molar refractivity (Wildman–Crippen MR) is 81.7 cm³/mol. The summed E-state index contributed by atoms with van der Waals surface area (Å²) in [6, 6.07) is 3.01. The van der Waals surface area contributed by atoms with E-state index in [9.17, 15) is 23.1 Å². The fourth-order valence-corrected chi connectivity index (χ4v) is 3.09. The largest absolute Gasteiger partial charge is 0.479 e. The quantitative estimate of drug-likeness (QED) is 0.882. The summed E-state index contributed by atoms with van der Waals surface area (Å²) in [5.41, 5.74) is 0.134. The van der Waals surface area contributed by atoms with Crippen LogP contribution < -0.4 is 0 Å². The Hall–Kier alpha value is -2.09. The molecule has 0 bridgehead atoms. The Kier molecular flexibility index (Phi) is 4.14. The van der Waals surface area contributed by atoms with Gasteiger partial charge in [0.2, 0.25) is 0 Å². The molecule has 0 saturated carbocycles. The molecule has 1 amide bonds. The first-order valence-corrected chi connectivity index (χ1v) is 8.84. The summed E-state index contributed by atoms with van der Waals surface area (Å²) in [7, 11) is -3.41. The Morgan fingerprint density at radius 3 is 2.39 bits per heavy atom. The summed E-state index contributed by atoms with van der Waals surface area (Å²) in [4.78, 5) is 25.0. The zero-order valence-corrected chi connectivity index (χ0v) is 14.2. The third kappa shape index (κ3) is 3.64. The van der Waals surface area contributed by atoms with Gasteiger partial charge in [-0.3, -0.25) is 4.90 Å². The molecule has 1 N–H and O–H groups in total. The molecule has 0 aromatic heterocycles. The fourth-order valence-electron chi connectivity index (χ4n) is 2.42. The number of nitrogens with zero attached hydrogens (tertiary/aromatic N) is 1. The Labute approximate surface area is 134 Å². The number of benzene rings is 1. The molecule has 1 atom stereocenters. The molecule has 23 heavy (non-hydrogen) atoms. The standard InChI is InChI=1S/C15H19NO6S/c1-15(2,3)22-14(19)16-8-9-7-10(23(4,20)21)5-6-11(9)12(16)13(17)18/h5-7,12H,8H2,1-4H3,(H,17,18)/t12-/m1/s1. The van der Waals surface area contributed by atoms with Gasteiger partial charge < -0.3 is 9.84 Å². The molecule has 0 fully saturated rings. The Morgan fingerprint density at radius 2 is 1.91 bits per heavy atom. The average molecular weight is 341 g/mol. The van der Waals surface area contributed by atoms with Crippen molar-refractivity contribution in [1.82, 2.24) is 4.90 Å². The van der Waals surface area contributed by atoms with Crippen LogP contribution >= 0.6 is 0 Å². The summed E-state index contributed by atoms with van der Waals surface area (Å²) >= 11 is 0. The van der Waals surface area contributed by atoms with Gasteiger partial charge >= 0.3 is 12.1 Å². The second kappa shape index (κ2) is 5.52. The average Bonchev–Trinajstić information content (AvgIpc) is 2.73. The Morgan fingerprint density at radius 1 is 1.30 bits per heavy atom. The van der Waals surface area contributed by atoms with E-state index in [0.29, 0.717) is 11.1 Å². The van der Waals surface area contributed by atoms with E-state index in [4.69, 9.17) is 4.74 Å². The third-order valence-electron chi connectivity index (χ3n) is 3.35. The van der Waals surface area contributed by atoms with Crippen molar-refractivity contribution in [2.24, 2.45) is 0 Å². The molecule has 8 heteroatoms. The second-order valence-corrected chi connectivity index (χ2v) is 8.50. The number of carboxylic acids is 1. The second-order valence-electron chi connectivity index (χ2n) is 6.48. The number of carbonyl (C=O) groups is 2. The molecule has 7 nitrogen and oxygen atoms in total. The van der Waals surface area contributed by atoms with Gasteiger partial charge in [0.25, 0.3) is 0 Å². The topological polar surface area (TPSA) is 101 Å². The molecule has 1 aliphatic heterocycles. The molecular formula is C15H19NO6S. The van der Waals surface area contributed by atoms with Crippen molar-refractivity contribution >= 4 is 21.9 Å². The van der Waals surface area contributed by atoms with Crippen LogP contribution in [0, 0.1) is 0 Å². The van der Waals surface area contributed by atoms with E-state index >= 15 is 0 Å². The monoisotopic (exact) mass is 341 g/mol. The van der Waals surface area contributed by atoms with Crippen molar-refractivity contribution in [2.75, 3.05) is 6.26 Å². The van der Waals surface area contributed by atoms with Gasteiger partial charge in [-0.1, -0.05) is 6.07 Å². The van der Waals surface area contributed by atoms with Crippen molar-refractivity contribution in [1.29, 1.82) is 0 Å². The first kappa shape index (κ1) is 17.3. The van der Waals surface area contributed by atoms with Gasteiger partial charge in [0, 0.05) is 6.26 Å². The van der Waals surface area contributed by atoms with Gasteiger partial charge in [0.15, 0.2) is 15.9 Å². The number of fused-ring (bicyclic) bond motifs is 1. The first-order valence-electron chi connectivity index (χ1n) is 6.95. The highest BCUT2D eigenvalue weighted by molar-refractivity contribution is 7.90. The minimum absolute atomic E-state index is 0.00935. The van der Waals surface area contributed by atoms with E-state index in [2.05, 4.69) is 0 Å². The van der Waals surface area contributed by atoms with Crippen LogP contribution in [0.3, 0.4) is 0 Å². The number of hydrogen-bond donors (Lipinski definition) is 1. The smallest absolute Gasteiger partial charge is 0.411 e. The number of hydrogen-bond acceptors (Lipinski definition) is 5. The Balaban J connectivity index is 2.42. The lowest BCUT2D eigenvalue weighted by Gasteiger charge is -2.27.